The van der Waals surface area contributed by atoms with E-state index in [0.29, 0.717) is 10.2 Å². The summed E-state index contributed by atoms with van der Waals surface area (Å²) in [5.74, 6) is -0.343. The van der Waals surface area contributed by atoms with Crippen LogP contribution in [-0.2, 0) is 6.42 Å². The Morgan fingerprint density at radius 2 is 2.16 bits per heavy atom. The number of nitrogens with two attached hydrogens (primary N) is 1. The summed E-state index contributed by atoms with van der Waals surface area (Å²) in [6.07, 6.45) is 0.924. The van der Waals surface area contributed by atoms with Crippen LogP contribution < -0.4 is 11.1 Å². The highest BCUT2D eigenvalue weighted by atomic mass is 79.9. The third-order valence-corrected chi connectivity index (χ3v) is 4.43. The first-order valence-electron chi connectivity index (χ1n) is 6.02. The van der Waals surface area contributed by atoms with Crippen molar-refractivity contribution in [2.75, 3.05) is 11.1 Å². The maximum absolute atomic E-state index is 13.3. The van der Waals surface area contributed by atoms with Crippen LogP contribution in [0, 0.1) is 12.7 Å². The molecule has 1 aromatic carbocycles. The van der Waals surface area contributed by atoms with E-state index in [1.54, 1.807) is 17.4 Å². The van der Waals surface area contributed by atoms with Crippen molar-refractivity contribution < 1.29 is 4.39 Å². The molecule has 102 valence electrons. The van der Waals surface area contributed by atoms with E-state index in [1.807, 2.05) is 0 Å². The number of anilines is 2. The van der Waals surface area contributed by atoms with E-state index in [2.05, 4.69) is 47.2 Å². The standard InChI is InChI=1S/C14H16BrFN2S/c1-8(5-10-4-3-9(2)19-10)18-14-6-11(15)12(16)7-13(14)17/h3-4,6-8,18H,5,17H2,1-2H3. The molecule has 0 amide bonds. The van der Waals surface area contributed by atoms with Crippen molar-refractivity contribution in [1.29, 1.82) is 0 Å². The molecule has 1 heterocycles. The van der Waals surface area contributed by atoms with Crippen molar-refractivity contribution in [3.63, 3.8) is 0 Å². The van der Waals surface area contributed by atoms with Gasteiger partial charge in [-0.3, -0.25) is 0 Å². The van der Waals surface area contributed by atoms with Gasteiger partial charge in [0, 0.05) is 28.3 Å². The number of rotatable bonds is 4. The van der Waals surface area contributed by atoms with Gasteiger partial charge < -0.3 is 11.1 Å². The Kier molecular flexibility index (Phi) is 4.47. The number of benzene rings is 1. The van der Waals surface area contributed by atoms with E-state index in [1.165, 1.54) is 15.8 Å². The topological polar surface area (TPSA) is 38.0 Å². The fraction of sp³-hybridized carbons (Fsp3) is 0.286. The number of halogens is 2. The first kappa shape index (κ1) is 14.3. The van der Waals surface area contributed by atoms with Crippen molar-refractivity contribution in [2.45, 2.75) is 26.3 Å². The maximum atomic E-state index is 13.3. The molecule has 1 unspecified atom stereocenters. The lowest BCUT2D eigenvalue weighted by atomic mass is 10.2. The quantitative estimate of drug-likeness (QED) is 0.798. The number of nitrogens with one attached hydrogen (secondary N) is 1. The minimum atomic E-state index is -0.343. The second-order valence-electron chi connectivity index (χ2n) is 4.62. The normalized spacial score (nSPS) is 12.4. The summed E-state index contributed by atoms with van der Waals surface area (Å²) in [4.78, 5) is 2.64. The molecular formula is C14H16BrFN2S. The van der Waals surface area contributed by atoms with Gasteiger partial charge in [-0.1, -0.05) is 0 Å². The van der Waals surface area contributed by atoms with Crippen LogP contribution in [0.25, 0.3) is 0 Å². The molecule has 2 aromatic rings. The van der Waals surface area contributed by atoms with Crippen molar-refractivity contribution in [3.8, 4) is 0 Å². The lowest BCUT2D eigenvalue weighted by Gasteiger charge is -2.16. The molecule has 2 rings (SSSR count). The van der Waals surface area contributed by atoms with Gasteiger partial charge in [-0.2, -0.15) is 0 Å². The second-order valence-corrected chi connectivity index (χ2v) is 6.84. The predicted molar refractivity (Wildman–Crippen MR) is 84.4 cm³/mol. The van der Waals surface area contributed by atoms with E-state index in [-0.39, 0.29) is 11.9 Å². The second kappa shape index (κ2) is 5.92. The van der Waals surface area contributed by atoms with Crippen LogP contribution in [0.3, 0.4) is 0 Å². The van der Waals surface area contributed by atoms with Gasteiger partial charge in [0.1, 0.15) is 5.82 Å². The van der Waals surface area contributed by atoms with Gasteiger partial charge in [0.15, 0.2) is 0 Å². The molecule has 5 heteroatoms. The van der Waals surface area contributed by atoms with Gasteiger partial charge >= 0.3 is 0 Å². The summed E-state index contributed by atoms with van der Waals surface area (Å²) >= 11 is 4.97. The van der Waals surface area contributed by atoms with Crippen molar-refractivity contribution in [3.05, 3.63) is 44.3 Å². The van der Waals surface area contributed by atoms with E-state index in [0.717, 1.165) is 12.1 Å². The van der Waals surface area contributed by atoms with Crippen LogP contribution in [0.15, 0.2) is 28.7 Å². The molecule has 0 spiro atoms. The summed E-state index contributed by atoms with van der Waals surface area (Å²) in [6, 6.07) is 7.50. The Hall–Kier alpha value is -1.07. The smallest absolute Gasteiger partial charge is 0.139 e. The molecule has 1 atom stereocenters. The number of hydrogen-bond acceptors (Lipinski definition) is 3. The Balaban J connectivity index is 2.06. The molecule has 0 saturated carbocycles. The summed E-state index contributed by atoms with van der Waals surface area (Å²) in [7, 11) is 0. The molecule has 2 nitrogen and oxygen atoms in total. The van der Waals surface area contributed by atoms with Crippen LogP contribution in [0.5, 0.6) is 0 Å². The zero-order valence-corrected chi connectivity index (χ0v) is 13.2. The van der Waals surface area contributed by atoms with E-state index >= 15 is 0 Å². The Morgan fingerprint density at radius 3 is 2.79 bits per heavy atom. The third kappa shape index (κ3) is 3.70. The number of nitrogen functional groups attached to an aromatic ring is 1. The lowest BCUT2D eigenvalue weighted by molar-refractivity contribution is 0.622. The summed E-state index contributed by atoms with van der Waals surface area (Å²) in [6.45, 7) is 4.19. The molecule has 1 aromatic heterocycles. The predicted octanol–water partition coefficient (Wildman–Crippen LogP) is 4.58. The molecule has 0 aliphatic rings. The first-order valence-corrected chi connectivity index (χ1v) is 7.63. The minimum Gasteiger partial charge on any atom is -0.397 e. The Bertz CT molecular complexity index is 583. The van der Waals surface area contributed by atoms with Gasteiger partial charge in [0.25, 0.3) is 0 Å². The molecule has 0 aliphatic carbocycles. The maximum Gasteiger partial charge on any atom is 0.139 e. The fourth-order valence-electron chi connectivity index (χ4n) is 1.90. The molecule has 0 aliphatic heterocycles. The largest absolute Gasteiger partial charge is 0.397 e. The zero-order chi connectivity index (χ0) is 14.0. The van der Waals surface area contributed by atoms with E-state index in [4.69, 9.17) is 5.73 Å². The lowest BCUT2D eigenvalue weighted by Crippen LogP contribution is -2.18. The molecule has 3 N–H and O–H groups in total. The fourth-order valence-corrected chi connectivity index (χ4v) is 3.26. The minimum absolute atomic E-state index is 0.234. The van der Waals surface area contributed by atoms with Gasteiger partial charge in [-0.15, -0.1) is 11.3 Å². The molecular weight excluding hydrogens is 327 g/mol. The monoisotopic (exact) mass is 342 g/mol. The molecule has 0 fully saturated rings. The average molecular weight is 343 g/mol. The number of thiophene rings is 1. The highest BCUT2D eigenvalue weighted by Crippen LogP contribution is 2.27. The van der Waals surface area contributed by atoms with Crippen LogP contribution in [0.4, 0.5) is 15.8 Å². The van der Waals surface area contributed by atoms with Crippen molar-refractivity contribution >= 4 is 38.6 Å². The average Bonchev–Trinajstić information content (AvgIpc) is 2.71. The SMILES string of the molecule is Cc1ccc(CC(C)Nc2cc(Br)c(F)cc2N)s1. The first-order chi connectivity index (χ1) is 8.95. The van der Waals surface area contributed by atoms with Crippen LogP contribution in [-0.4, -0.2) is 6.04 Å². The van der Waals surface area contributed by atoms with Crippen molar-refractivity contribution in [1.82, 2.24) is 0 Å². The van der Waals surface area contributed by atoms with Crippen LogP contribution in [0.1, 0.15) is 16.7 Å². The zero-order valence-electron chi connectivity index (χ0n) is 10.8. The van der Waals surface area contributed by atoms with Gasteiger partial charge in [0.05, 0.1) is 15.8 Å². The van der Waals surface area contributed by atoms with Crippen LogP contribution >= 0.6 is 27.3 Å². The number of hydrogen-bond donors (Lipinski definition) is 2. The molecule has 19 heavy (non-hydrogen) atoms. The van der Waals surface area contributed by atoms with Gasteiger partial charge in [-0.25, -0.2) is 4.39 Å². The summed E-state index contributed by atoms with van der Waals surface area (Å²) in [5, 5.41) is 3.32. The van der Waals surface area contributed by atoms with Crippen LogP contribution in [0.2, 0.25) is 0 Å². The third-order valence-electron chi connectivity index (χ3n) is 2.80. The molecule has 0 bridgehead atoms. The molecule has 0 radical (unpaired) electrons. The highest BCUT2D eigenvalue weighted by Gasteiger charge is 2.10. The number of aryl methyl sites for hydroxylation is 1. The summed E-state index contributed by atoms with van der Waals surface area (Å²) in [5.41, 5.74) is 7.00. The van der Waals surface area contributed by atoms with Gasteiger partial charge in [-0.05, 0) is 48.0 Å². The summed E-state index contributed by atoms with van der Waals surface area (Å²) < 4.78 is 13.7. The van der Waals surface area contributed by atoms with E-state index < -0.39 is 0 Å². The van der Waals surface area contributed by atoms with Crippen molar-refractivity contribution in [2.24, 2.45) is 0 Å². The Morgan fingerprint density at radius 1 is 1.42 bits per heavy atom. The van der Waals surface area contributed by atoms with Gasteiger partial charge in [0.2, 0.25) is 0 Å². The van der Waals surface area contributed by atoms with E-state index in [9.17, 15) is 4.39 Å². The molecule has 0 saturated heterocycles. The highest BCUT2D eigenvalue weighted by molar-refractivity contribution is 9.10. The Labute approximate surface area is 125 Å².